The van der Waals surface area contributed by atoms with Crippen LogP contribution in [-0.2, 0) is 16.1 Å². The van der Waals surface area contributed by atoms with E-state index >= 15 is 0 Å². The number of carboxylic acid groups (broad SMARTS) is 2. The van der Waals surface area contributed by atoms with Crippen LogP contribution >= 0.6 is 0 Å². The summed E-state index contributed by atoms with van der Waals surface area (Å²) >= 11 is 0. The number of nitrogens with zero attached hydrogens (tertiary/aromatic N) is 1. The molecule has 0 radical (unpaired) electrons. The van der Waals surface area contributed by atoms with Crippen molar-refractivity contribution in [3.05, 3.63) is 17.7 Å². The zero-order chi connectivity index (χ0) is 19.4. The van der Waals surface area contributed by atoms with Crippen molar-refractivity contribution in [3.63, 3.8) is 0 Å². The topological polar surface area (TPSA) is 118 Å². The molecule has 0 amide bonds. The van der Waals surface area contributed by atoms with E-state index in [0.29, 0.717) is 17.2 Å². The Kier molecular flexibility index (Phi) is 10.7. The van der Waals surface area contributed by atoms with Crippen molar-refractivity contribution in [2.24, 2.45) is 0 Å². The summed E-state index contributed by atoms with van der Waals surface area (Å²) in [5.74, 6) is -1.65. The zero-order valence-electron chi connectivity index (χ0n) is 15.2. The van der Waals surface area contributed by atoms with Crippen LogP contribution in [0, 0.1) is 0 Å². The first-order valence-corrected chi connectivity index (χ1v) is 7.37. The van der Waals surface area contributed by atoms with Crippen LogP contribution in [0.15, 0.2) is 12.1 Å². The summed E-state index contributed by atoms with van der Waals surface area (Å²) in [5, 5.41) is 18.2. The molecule has 25 heavy (non-hydrogen) atoms. The predicted molar refractivity (Wildman–Crippen MR) is 91.6 cm³/mol. The fraction of sp³-hybridized carbons (Fsp3) is 0.500. The first kappa shape index (κ1) is 22.5. The molecule has 1 rings (SSSR count). The van der Waals surface area contributed by atoms with Gasteiger partial charge in [-0.25, -0.2) is 9.59 Å². The summed E-state index contributed by atoms with van der Waals surface area (Å²) in [4.78, 5) is 20.3. The van der Waals surface area contributed by atoms with Gasteiger partial charge in [-0.3, -0.25) is 0 Å². The van der Waals surface area contributed by atoms with Crippen molar-refractivity contribution in [2.45, 2.75) is 6.54 Å². The first-order valence-electron chi connectivity index (χ1n) is 7.37. The number of hydrogen-bond donors (Lipinski definition) is 3. The van der Waals surface area contributed by atoms with E-state index in [0.717, 1.165) is 25.2 Å². The molecule has 0 aliphatic carbocycles. The number of aliphatic carboxylic acids is 2. The normalized spacial score (nSPS) is 9.84. The number of nitrogens with one attached hydrogen (secondary N) is 1. The van der Waals surface area contributed by atoms with Gasteiger partial charge in [0.05, 0.1) is 21.3 Å². The third-order valence-corrected chi connectivity index (χ3v) is 2.97. The lowest BCUT2D eigenvalue weighted by Gasteiger charge is -2.15. The van der Waals surface area contributed by atoms with Crippen LogP contribution in [-0.4, -0.2) is 75.6 Å². The Labute approximate surface area is 147 Å². The molecule has 0 fully saturated rings. The van der Waals surface area contributed by atoms with E-state index in [1.165, 1.54) is 0 Å². The quantitative estimate of drug-likeness (QED) is 0.451. The SMILES string of the molecule is COc1cc(CNCCN(C)C)cc(OC)c1OC.O=C(O)C(=O)O. The second kappa shape index (κ2) is 11.9. The lowest BCUT2D eigenvalue weighted by Crippen LogP contribution is -2.26. The van der Waals surface area contributed by atoms with Crippen LogP contribution in [0.1, 0.15) is 5.56 Å². The summed E-state index contributed by atoms with van der Waals surface area (Å²) < 4.78 is 15.9. The molecule has 0 aliphatic rings. The van der Waals surface area contributed by atoms with Crippen molar-refractivity contribution in [3.8, 4) is 17.2 Å². The minimum Gasteiger partial charge on any atom is -0.493 e. The predicted octanol–water partition coefficient (Wildman–Crippen LogP) is 0.519. The molecule has 3 N–H and O–H groups in total. The highest BCUT2D eigenvalue weighted by Crippen LogP contribution is 2.38. The number of benzene rings is 1. The summed E-state index contributed by atoms with van der Waals surface area (Å²) in [7, 11) is 8.97. The standard InChI is InChI=1S/C14H24N2O3.C2H2O4/c1-16(2)7-6-15-10-11-8-12(17-3)14(19-5)13(9-11)18-4;3-1(4)2(5)6/h8-9,15H,6-7,10H2,1-5H3;(H,3,4)(H,5,6). The van der Waals surface area contributed by atoms with Crippen molar-refractivity contribution in [2.75, 3.05) is 48.5 Å². The smallest absolute Gasteiger partial charge is 0.414 e. The number of likely N-dealkylation sites (N-methyl/N-ethyl adjacent to an activating group) is 1. The monoisotopic (exact) mass is 358 g/mol. The van der Waals surface area contributed by atoms with E-state index in [-0.39, 0.29) is 0 Å². The van der Waals surface area contributed by atoms with E-state index in [1.54, 1.807) is 21.3 Å². The number of hydrogen-bond acceptors (Lipinski definition) is 7. The largest absolute Gasteiger partial charge is 0.493 e. The van der Waals surface area contributed by atoms with Crippen LogP contribution in [0.3, 0.4) is 0 Å². The molecule has 0 aliphatic heterocycles. The Morgan fingerprint density at radius 1 is 1.00 bits per heavy atom. The number of carbonyl (C=O) groups is 2. The Morgan fingerprint density at radius 3 is 1.80 bits per heavy atom. The second-order valence-corrected chi connectivity index (χ2v) is 5.12. The van der Waals surface area contributed by atoms with Gasteiger partial charge in [0.25, 0.3) is 0 Å². The van der Waals surface area contributed by atoms with E-state index in [4.69, 9.17) is 34.0 Å². The molecule has 0 aromatic heterocycles. The molecule has 1 aromatic rings. The van der Waals surface area contributed by atoms with Crippen LogP contribution in [0.2, 0.25) is 0 Å². The van der Waals surface area contributed by atoms with E-state index in [1.807, 2.05) is 12.1 Å². The maximum Gasteiger partial charge on any atom is 0.414 e. The van der Waals surface area contributed by atoms with Crippen LogP contribution < -0.4 is 19.5 Å². The van der Waals surface area contributed by atoms with Gasteiger partial charge < -0.3 is 34.6 Å². The molecular formula is C16H26N2O7. The van der Waals surface area contributed by atoms with Crippen LogP contribution in [0.5, 0.6) is 17.2 Å². The Bertz CT molecular complexity index is 524. The Balaban J connectivity index is 0.000000823. The zero-order valence-corrected chi connectivity index (χ0v) is 15.2. The van der Waals surface area contributed by atoms with Gasteiger partial charge in [0, 0.05) is 19.6 Å². The third-order valence-electron chi connectivity index (χ3n) is 2.97. The van der Waals surface area contributed by atoms with Gasteiger partial charge in [-0.2, -0.15) is 0 Å². The molecular weight excluding hydrogens is 332 g/mol. The average molecular weight is 358 g/mol. The van der Waals surface area contributed by atoms with Crippen LogP contribution in [0.25, 0.3) is 0 Å². The van der Waals surface area contributed by atoms with Gasteiger partial charge >= 0.3 is 11.9 Å². The number of rotatable bonds is 8. The van der Waals surface area contributed by atoms with Gasteiger partial charge in [-0.1, -0.05) is 0 Å². The molecule has 0 saturated heterocycles. The molecule has 0 heterocycles. The van der Waals surface area contributed by atoms with E-state index < -0.39 is 11.9 Å². The summed E-state index contributed by atoms with van der Waals surface area (Å²) in [6, 6.07) is 3.92. The summed E-state index contributed by atoms with van der Waals surface area (Å²) in [6.07, 6.45) is 0. The molecule has 0 spiro atoms. The van der Waals surface area contributed by atoms with Gasteiger partial charge in [0.1, 0.15) is 0 Å². The van der Waals surface area contributed by atoms with Crippen molar-refractivity contribution < 1.29 is 34.0 Å². The molecule has 1 aromatic carbocycles. The second-order valence-electron chi connectivity index (χ2n) is 5.12. The molecule has 0 atom stereocenters. The minimum absolute atomic E-state index is 0.627. The van der Waals surface area contributed by atoms with Crippen LogP contribution in [0.4, 0.5) is 0 Å². The van der Waals surface area contributed by atoms with E-state index in [2.05, 4.69) is 24.3 Å². The Morgan fingerprint density at radius 2 is 1.48 bits per heavy atom. The van der Waals surface area contributed by atoms with Gasteiger partial charge in [-0.05, 0) is 31.8 Å². The van der Waals surface area contributed by atoms with Gasteiger partial charge in [0.15, 0.2) is 11.5 Å². The highest BCUT2D eigenvalue weighted by molar-refractivity contribution is 6.27. The number of methoxy groups -OCH3 is 3. The number of carboxylic acids is 2. The minimum atomic E-state index is -1.82. The molecule has 0 saturated carbocycles. The molecule has 9 nitrogen and oxygen atoms in total. The lowest BCUT2D eigenvalue weighted by atomic mass is 10.2. The van der Waals surface area contributed by atoms with Crippen molar-refractivity contribution in [1.82, 2.24) is 10.2 Å². The Hall–Kier alpha value is -2.52. The third kappa shape index (κ3) is 8.77. The van der Waals surface area contributed by atoms with Gasteiger partial charge in [-0.15, -0.1) is 0 Å². The van der Waals surface area contributed by atoms with Gasteiger partial charge in [0.2, 0.25) is 5.75 Å². The highest BCUT2D eigenvalue weighted by Gasteiger charge is 2.12. The lowest BCUT2D eigenvalue weighted by molar-refractivity contribution is -0.159. The molecule has 0 unspecified atom stereocenters. The van der Waals surface area contributed by atoms with Crippen molar-refractivity contribution in [1.29, 1.82) is 0 Å². The number of ether oxygens (including phenoxy) is 3. The molecule has 0 bridgehead atoms. The summed E-state index contributed by atoms with van der Waals surface area (Å²) in [6.45, 7) is 2.71. The summed E-state index contributed by atoms with van der Waals surface area (Å²) in [5.41, 5.74) is 1.10. The maximum atomic E-state index is 9.10. The molecule has 142 valence electrons. The fourth-order valence-electron chi connectivity index (χ4n) is 1.77. The van der Waals surface area contributed by atoms with E-state index in [9.17, 15) is 0 Å². The molecule has 9 heteroatoms. The van der Waals surface area contributed by atoms with Crippen molar-refractivity contribution >= 4 is 11.9 Å². The maximum absolute atomic E-state index is 9.10. The fourth-order valence-corrected chi connectivity index (χ4v) is 1.77. The average Bonchev–Trinajstić information content (AvgIpc) is 2.57. The first-order chi connectivity index (χ1) is 11.8. The highest BCUT2D eigenvalue weighted by atomic mass is 16.5.